The second kappa shape index (κ2) is 5.62. The lowest BCUT2D eigenvalue weighted by atomic mass is 9.99. The van der Waals surface area contributed by atoms with E-state index in [0.29, 0.717) is 23.6 Å². The standard InChI is InChI=1S/C16H16N4O4S/c1-19-14(21)13(15(22)20(2)16(19)25)10-6-9(17-18-10)8-3-4-11-12(5-8)24-7-23-11/h3-5,9,17,21H,6-7H2,1-2H3/t9-/m0/s1. The van der Waals surface area contributed by atoms with E-state index in [0.717, 1.165) is 5.56 Å². The van der Waals surface area contributed by atoms with Crippen LogP contribution in [0.3, 0.4) is 0 Å². The maximum absolute atomic E-state index is 12.5. The van der Waals surface area contributed by atoms with Gasteiger partial charge >= 0.3 is 0 Å². The minimum atomic E-state index is -0.368. The van der Waals surface area contributed by atoms with Gasteiger partial charge in [-0.2, -0.15) is 5.10 Å². The summed E-state index contributed by atoms with van der Waals surface area (Å²) in [6, 6.07) is 5.54. The van der Waals surface area contributed by atoms with Crippen LogP contribution in [0.2, 0.25) is 0 Å². The lowest BCUT2D eigenvalue weighted by molar-refractivity contribution is 0.174. The number of hydrazone groups is 1. The lowest BCUT2D eigenvalue weighted by Gasteiger charge is -2.12. The quantitative estimate of drug-likeness (QED) is 0.786. The predicted molar refractivity (Wildman–Crippen MR) is 92.7 cm³/mol. The largest absolute Gasteiger partial charge is 0.494 e. The summed E-state index contributed by atoms with van der Waals surface area (Å²) in [5.41, 5.74) is 4.26. The summed E-state index contributed by atoms with van der Waals surface area (Å²) in [5.74, 6) is 1.22. The number of fused-ring (bicyclic) bond motifs is 1. The molecule has 0 unspecified atom stereocenters. The zero-order valence-corrected chi connectivity index (χ0v) is 14.5. The number of ether oxygens (including phenoxy) is 2. The number of hydrogen-bond acceptors (Lipinski definition) is 7. The summed E-state index contributed by atoms with van der Waals surface area (Å²) >= 11 is 5.13. The van der Waals surface area contributed by atoms with Crippen LogP contribution in [-0.2, 0) is 14.1 Å². The molecule has 0 saturated heterocycles. The van der Waals surface area contributed by atoms with Gasteiger partial charge in [-0.05, 0) is 29.9 Å². The van der Waals surface area contributed by atoms with E-state index in [2.05, 4.69) is 10.5 Å². The molecule has 0 saturated carbocycles. The third-order valence-electron chi connectivity index (χ3n) is 4.47. The topological polar surface area (TPSA) is 90.0 Å². The Balaban J connectivity index is 1.68. The van der Waals surface area contributed by atoms with Crippen LogP contribution in [0.5, 0.6) is 17.4 Å². The molecule has 25 heavy (non-hydrogen) atoms. The third kappa shape index (κ3) is 2.39. The van der Waals surface area contributed by atoms with Crippen molar-refractivity contribution in [2.75, 3.05) is 6.79 Å². The van der Waals surface area contributed by atoms with E-state index in [1.165, 1.54) is 9.13 Å². The zero-order chi connectivity index (χ0) is 17.7. The first kappa shape index (κ1) is 15.7. The molecule has 1 atom stereocenters. The first-order chi connectivity index (χ1) is 12.0. The van der Waals surface area contributed by atoms with Crippen molar-refractivity contribution >= 4 is 17.9 Å². The Labute approximate surface area is 147 Å². The van der Waals surface area contributed by atoms with Crippen LogP contribution in [0, 0.1) is 4.77 Å². The first-order valence-electron chi connectivity index (χ1n) is 7.68. The fourth-order valence-corrected chi connectivity index (χ4v) is 3.18. The summed E-state index contributed by atoms with van der Waals surface area (Å²) in [6.45, 7) is 0.215. The third-order valence-corrected chi connectivity index (χ3v) is 5.02. The van der Waals surface area contributed by atoms with Crippen molar-refractivity contribution in [3.63, 3.8) is 0 Å². The SMILES string of the molecule is Cn1c(O)c(C2=NN[C@H](c3ccc4c(c3)OCO4)C2)c(=O)n(C)c1=S. The van der Waals surface area contributed by atoms with E-state index in [-0.39, 0.29) is 34.6 Å². The molecule has 0 amide bonds. The highest BCUT2D eigenvalue weighted by Gasteiger charge is 2.28. The smallest absolute Gasteiger partial charge is 0.267 e. The number of hydrogen-bond donors (Lipinski definition) is 2. The summed E-state index contributed by atoms with van der Waals surface area (Å²) in [7, 11) is 3.19. The number of nitrogens with zero attached hydrogens (tertiary/aromatic N) is 3. The molecular formula is C16H16N4O4S. The van der Waals surface area contributed by atoms with Crippen LogP contribution in [0.4, 0.5) is 0 Å². The maximum Gasteiger partial charge on any atom is 0.267 e. The summed E-state index contributed by atoms with van der Waals surface area (Å²) in [5, 5.41) is 14.6. The minimum absolute atomic E-state index is 0.123. The van der Waals surface area contributed by atoms with Crippen LogP contribution in [0.1, 0.15) is 23.6 Å². The molecule has 1 aromatic carbocycles. The van der Waals surface area contributed by atoms with Crippen LogP contribution < -0.4 is 20.5 Å². The molecule has 9 heteroatoms. The van der Waals surface area contributed by atoms with Gasteiger partial charge in [-0.15, -0.1) is 0 Å². The Morgan fingerprint density at radius 3 is 2.84 bits per heavy atom. The monoisotopic (exact) mass is 360 g/mol. The molecule has 0 bridgehead atoms. The van der Waals surface area contributed by atoms with Gasteiger partial charge in [-0.25, -0.2) is 0 Å². The second-order valence-corrected chi connectivity index (χ2v) is 6.33. The van der Waals surface area contributed by atoms with E-state index in [4.69, 9.17) is 21.7 Å². The molecule has 0 fully saturated rings. The molecule has 2 aliphatic heterocycles. The highest BCUT2D eigenvalue weighted by atomic mass is 32.1. The van der Waals surface area contributed by atoms with E-state index >= 15 is 0 Å². The van der Waals surface area contributed by atoms with Crippen molar-refractivity contribution in [2.45, 2.75) is 12.5 Å². The molecule has 0 aliphatic carbocycles. The fraction of sp³-hybridized carbons (Fsp3) is 0.312. The highest BCUT2D eigenvalue weighted by Crippen LogP contribution is 2.36. The molecule has 2 N–H and O–H groups in total. The van der Waals surface area contributed by atoms with Crippen molar-refractivity contribution < 1.29 is 14.6 Å². The Bertz CT molecular complexity index is 1020. The van der Waals surface area contributed by atoms with Crippen molar-refractivity contribution in [1.29, 1.82) is 0 Å². The van der Waals surface area contributed by atoms with Gasteiger partial charge in [0.05, 0.1) is 11.8 Å². The number of benzene rings is 1. The van der Waals surface area contributed by atoms with Crippen molar-refractivity contribution in [3.8, 4) is 17.4 Å². The van der Waals surface area contributed by atoms with Gasteiger partial charge in [-0.1, -0.05) is 6.07 Å². The van der Waals surface area contributed by atoms with Gasteiger partial charge in [0, 0.05) is 20.5 Å². The summed E-state index contributed by atoms with van der Waals surface area (Å²) < 4.78 is 13.7. The molecule has 2 aliphatic rings. The van der Waals surface area contributed by atoms with Gasteiger partial charge in [0.15, 0.2) is 16.3 Å². The minimum Gasteiger partial charge on any atom is -0.494 e. The second-order valence-electron chi connectivity index (χ2n) is 5.96. The Hall–Kier alpha value is -2.81. The van der Waals surface area contributed by atoms with E-state index in [9.17, 15) is 9.90 Å². The highest BCUT2D eigenvalue weighted by molar-refractivity contribution is 7.71. The Morgan fingerprint density at radius 2 is 2.04 bits per heavy atom. The number of aromatic nitrogens is 2. The van der Waals surface area contributed by atoms with Crippen LogP contribution in [0.15, 0.2) is 28.1 Å². The Morgan fingerprint density at radius 1 is 1.28 bits per heavy atom. The van der Waals surface area contributed by atoms with Gasteiger partial charge in [0.25, 0.3) is 5.56 Å². The molecule has 3 heterocycles. The number of rotatable bonds is 2. The maximum atomic E-state index is 12.5. The van der Waals surface area contributed by atoms with Crippen molar-refractivity contribution in [3.05, 3.63) is 44.5 Å². The zero-order valence-electron chi connectivity index (χ0n) is 13.6. The van der Waals surface area contributed by atoms with Gasteiger partial charge < -0.3 is 20.0 Å². The normalized spacial score (nSPS) is 18.2. The van der Waals surface area contributed by atoms with Crippen LogP contribution in [-0.4, -0.2) is 26.7 Å². The molecule has 0 spiro atoms. The molecule has 130 valence electrons. The van der Waals surface area contributed by atoms with Crippen LogP contribution in [0.25, 0.3) is 0 Å². The Kier molecular flexibility index (Phi) is 3.53. The average Bonchev–Trinajstić information content (AvgIpc) is 3.27. The number of nitrogens with one attached hydrogen (secondary N) is 1. The average molecular weight is 360 g/mol. The molecule has 4 rings (SSSR count). The van der Waals surface area contributed by atoms with Crippen molar-refractivity contribution in [2.24, 2.45) is 19.2 Å². The molecular weight excluding hydrogens is 344 g/mol. The van der Waals surface area contributed by atoms with Gasteiger partial charge in [0.2, 0.25) is 12.7 Å². The fourth-order valence-electron chi connectivity index (χ4n) is 3.01. The van der Waals surface area contributed by atoms with E-state index in [1.54, 1.807) is 14.1 Å². The summed E-state index contributed by atoms with van der Waals surface area (Å²) in [4.78, 5) is 12.5. The van der Waals surface area contributed by atoms with Crippen LogP contribution >= 0.6 is 12.2 Å². The van der Waals surface area contributed by atoms with Crippen molar-refractivity contribution in [1.82, 2.24) is 14.6 Å². The van der Waals surface area contributed by atoms with Gasteiger partial charge in [-0.3, -0.25) is 13.9 Å². The van der Waals surface area contributed by atoms with E-state index < -0.39 is 0 Å². The molecule has 2 aromatic rings. The number of aromatic hydroxyl groups is 1. The first-order valence-corrected chi connectivity index (χ1v) is 8.09. The lowest BCUT2D eigenvalue weighted by Crippen LogP contribution is -2.28. The van der Waals surface area contributed by atoms with E-state index in [1.807, 2.05) is 18.2 Å². The molecule has 0 radical (unpaired) electrons. The predicted octanol–water partition coefficient (Wildman–Crippen LogP) is 1.33. The molecule has 8 nitrogen and oxygen atoms in total. The molecule has 1 aromatic heterocycles. The summed E-state index contributed by atoms with van der Waals surface area (Å²) in [6.07, 6.45) is 0.458. The van der Waals surface area contributed by atoms with Gasteiger partial charge in [0.1, 0.15) is 5.56 Å².